The second-order valence-corrected chi connectivity index (χ2v) is 4.88. The van der Waals surface area contributed by atoms with E-state index in [0.717, 1.165) is 49.3 Å². The number of carbonyl (C=O) groups is 1. The van der Waals surface area contributed by atoms with Crippen LogP contribution in [0.1, 0.15) is 41.8 Å². The van der Waals surface area contributed by atoms with Gasteiger partial charge in [-0.25, -0.2) is 0 Å². The number of hydrogen-bond donors (Lipinski definition) is 1. The van der Waals surface area contributed by atoms with Crippen LogP contribution in [0.25, 0.3) is 0 Å². The first-order chi connectivity index (χ1) is 9.10. The summed E-state index contributed by atoms with van der Waals surface area (Å²) in [6, 6.07) is 5.86. The number of hydrogen-bond acceptors (Lipinski definition) is 2. The van der Waals surface area contributed by atoms with Gasteiger partial charge in [-0.2, -0.15) is 0 Å². The van der Waals surface area contributed by atoms with E-state index in [1.54, 1.807) is 0 Å². The van der Waals surface area contributed by atoms with E-state index >= 15 is 0 Å². The predicted octanol–water partition coefficient (Wildman–Crippen LogP) is 2.77. The number of amides is 1. The summed E-state index contributed by atoms with van der Waals surface area (Å²) in [6.07, 6.45) is 0.998. The lowest BCUT2D eigenvalue weighted by molar-refractivity contribution is 0.0951. The molecule has 3 nitrogen and oxygen atoms in total. The van der Waals surface area contributed by atoms with Gasteiger partial charge in [0.15, 0.2) is 0 Å². The summed E-state index contributed by atoms with van der Waals surface area (Å²) in [7, 11) is 0. The molecule has 0 radical (unpaired) electrons. The van der Waals surface area contributed by atoms with Gasteiger partial charge in [-0.3, -0.25) is 4.79 Å². The molecule has 1 amide bonds. The normalized spacial score (nSPS) is 10.8. The lowest BCUT2D eigenvalue weighted by atomic mass is 10.0. The van der Waals surface area contributed by atoms with Crippen LogP contribution in [0.5, 0.6) is 0 Å². The standard InChI is InChI=1S/C16H26N2O/c1-5-18(6-2)12-8-11-17-16(19)15-10-7-9-13(3)14(15)4/h7,9-10H,5-6,8,11-12H2,1-4H3,(H,17,19). The van der Waals surface area contributed by atoms with Gasteiger partial charge in [-0.05, 0) is 57.1 Å². The second-order valence-electron chi connectivity index (χ2n) is 4.88. The van der Waals surface area contributed by atoms with E-state index in [4.69, 9.17) is 0 Å². The van der Waals surface area contributed by atoms with Gasteiger partial charge >= 0.3 is 0 Å². The van der Waals surface area contributed by atoms with Gasteiger partial charge in [-0.15, -0.1) is 0 Å². The highest BCUT2D eigenvalue weighted by molar-refractivity contribution is 5.95. The van der Waals surface area contributed by atoms with E-state index in [1.165, 1.54) is 0 Å². The van der Waals surface area contributed by atoms with Crippen LogP contribution in [0.15, 0.2) is 18.2 Å². The number of aryl methyl sites for hydroxylation is 1. The van der Waals surface area contributed by atoms with Crippen molar-refractivity contribution in [3.05, 3.63) is 34.9 Å². The van der Waals surface area contributed by atoms with Crippen molar-refractivity contribution >= 4 is 5.91 Å². The average Bonchev–Trinajstić information content (AvgIpc) is 2.42. The van der Waals surface area contributed by atoms with Crippen LogP contribution in [0, 0.1) is 13.8 Å². The van der Waals surface area contributed by atoms with Crippen molar-refractivity contribution < 1.29 is 4.79 Å². The smallest absolute Gasteiger partial charge is 0.251 e. The first-order valence-corrected chi connectivity index (χ1v) is 7.16. The van der Waals surface area contributed by atoms with E-state index in [-0.39, 0.29) is 5.91 Å². The Hall–Kier alpha value is -1.35. The van der Waals surface area contributed by atoms with Gasteiger partial charge in [0.2, 0.25) is 0 Å². The minimum atomic E-state index is 0.0424. The molecule has 0 bridgehead atoms. The molecule has 0 saturated heterocycles. The Labute approximate surface area is 117 Å². The molecule has 0 atom stereocenters. The minimum Gasteiger partial charge on any atom is -0.352 e. The molecular formula is C16H26N2O. The number of carbonyl (C=O) groups excluding carboxylic acids is 1. The molecule has 0 aliphatic rings. The Morgan fingerprint density at radius 2 is 1.89 bits per heavy atom. The summed E-state index contributed by atoms with van der Waals surface area (Å²) in [5.74, 6) is 0.0424. The molecule has 19 heavy (non-hydrogen) atoms. The van der Waals surface area contributed by atoms with Crippen molar-refractivity contribution in [2.45, 2.75) is 34.1 Å². The fraction of sp³-hybridized carbons (Fsp3) is 0.562. The maximum atomic E-state index is 12.1. The molecule has 1 aromatic carbocycles. The Balaban J connectivity index is 2.41. The zero-order chi connectivity index (χ0) is 14.3. The van der Waals surface area contributed by atoms with Crippen molar-refractivity contribution in [3.8, 4) is 0 Å². The third kappa shape index (κ3) is 4.67. The Morgan fingerprint density at radius 1 is 1.21 bits per heavy atom. The van der Waals surface area contributed by atoms with Crippen LogP contribution in [0.4, 0.5) is 0 Å². The van der Waals surface area contributed by atoms with E-state index in [0.29, 0.717) is 0 Å². The molecule has 0 aliphatic carbocycles. The topological polar surface area (TPSA) is 32.3 Å². The van der Waals surface area contributed by atoms with Crippen molar-refractivity contribution in [1.29, 1.82) is 0 Å². The minimum absolute atomic E-state index is 0.0424. The highest BCUT2D eigenvalue weighted by Gasteiger charge is 2.09. The van der Waals surface area contributed by atoms with Crippen molar-refractivity contribution in [3.63, 3.8) is 0 Å². The Kier molecular flexibility index (Phi) is 6.57. The van der Waals surface area contributed by atoms with Crippen LogP contribution in [0.2, 0.25) is 0 Å². The molecule has 3 heteroatoms. The third-order valence-corrected chi connectivity index (χ3v) is 3.68. The lowest BCUT2D eigenvalue weighted by Crippen LogP contribution is -2.30. The second kappa shape index (κ2) is 7.95. The molecule has 106 valence electrons. The fourth-order valence-corrected chi connectivity index (χ4v) is 2.14. The molecule has 1 rings (SSSR count). The summed E-state index contributed by atoms with van der Waals surface area (Å²) in [5.41, 5.74) is 3.03. The number of benzene rings is 1. The van der Waals surface area contributed by atoms with Crippen molar-refractivity contribution in [2.75, 3.05) is 26.2 Å². The van der Waals surface area contributed by atoms with Crippen LogP contribution in [-0.4, -0.2) is 37.0 Å². The highest BCUT2D eigenvalue weighted by atomic mass is 16.1. The molecular weight excluding hydrogens is 236 g/mol. The van der Waals surface area contributed by atoms with Gasteiger partial charge in [-0.1, -0.05) is 26.0 Å². The lowest BCUT2D eigenvalue weighted by Gasteiger charge is -2.17. The van der Waals surface area contributed by atoms with E-state index in [2.05, 4.69) is 24.1 Å². The molecule has 0 unspecified atom stereocenters. The molecule has 1 N–H and O–H groups in total. The van der Waals surface area contributed by atoms with Crippen LogP contribution in [0.3, 0.4) is 0 Å². The summed E-state index contributed by atoms with van der Waals surface area (Å²) in [4.78, 5) is 14.4. The zero-order valence-corrected chi connectivity index (χ0v) is 12.6. The summed E-state index contributed by atoms with van der Waals surface area (Å²) >= 11 is 0. The van der Waals surface area contributed by atoms with E-state index in [1.807, 2.05) is 32.0 Å². The zero-order valence-electron chi connectivity index (χ0n) is 12.6. The van der Waals surface area contributed by atoms with Crippen LogP contribution < -0.4 is 5.32 Å². The first kappa shape index (κ1) is 15.7. The first-order valence-electron chi connectivity index (χ1n) is 7.16. The SMILES string of the molecule is CCN(CC)CCCNC(=O)c1cccc(C)c1C. The summed E-state index contributed by atoms with van der Waals surface area (Å²) in [5, 5.41) is 3.00. The van der Waals surface area contributed by atoms with Crippen molar-refractivity contribution in [1.82, 2.24) is 10.2 Å². The van der Waals surface area contributed by atoms with Crippen LogP contribution >= 0.6 is 0 Å². The summed E-state index contributed by atoms with van der Waals surface area (Å²) < 4.78 is 0. The predicted molar refractivity (Wildman–Crippen MR) is 80.7 cm³/mol. The number of nitrogens with zero attached hydrogens (tertiary/aromatic N) is 1. The molecule has 0 saturated carbocycles. The van der Waals surface area contributed by atoms with Gasteiger partial charge in [0.1, 0.15) is 0 Å². The highest BCUT2D eigenvalue weighted by Crippen LogP contribution is 2.12. The number of nitrogens with one attached hydrogen (secondary N) is 1. The summed E-state index contributed by atoms with van der Waals surface area (Å²) in [6.45, 7) is 12.3. The number of rotatable bonds is 7. The molecule has 1 aromatic rings. The monoisotopic (exact) mass is 262 g/mol. The van der Waals surface area contributed by atoms with Gasteiger partial charge in [0.05, 0.1) is 0 Å². The Morgan fingerprint density at radius 3 is 2.53 bits per heavy atom. The molecule has 0 fully saturated rings. The van der Waals surface area contributed by atoms with Crippen LogP contribution in [-0.2, 0) is 0 Å². The van der Waals surface area contributed by atoms with Gasteiger partial charge in [0, 0.05) is 12.1 Å². The van der Waals surface area contributed by atoms with Crippen molar-refractivity contribution in [2.24, 2.45) is 0 Å². The van der Waals surface area contributed by atoms with Gasteiger partial charge in [0.25, 0.3) is 5.91 Å². The quantitative estimate of drug-likeness (QED) is 0.766. The third-order valence-electron chi connectivity index (χ3n) is 3.68. The Bertz CT molecular complexity index is 411. The maximum absolute atomic E-state index is 12.1. The molecule has 0 heterocycles. The van der Waals surface area contributed by atoms with E-state index in [9.17, 15) is 4.79 Å². The fourth-order valence-electron chi connectivity index (χ4n) is 2.14. The van der Waals surface area contributed by atoms with Gasteiger partial charge < -0.3 is 10.2 Å². The van der Waals surface area contributed by atoms with E-state index < -0.39 is 0 Å². The molecule has 0 aliphatic heterocycles. The largest absolute Gasteiger partial charge is 0.352 e. The molecule has 0 aromatic heterocycles. The molecule has 0 spiro atoms. The average molecular weight is 262 g/mol. The maximum Gasteiger partial charge on any atom is 0.251 e.